The van der Waals surface area contributed by atoms with E-state index in [0.717, 1.165) is 10.9 Å². The van der Waals surface area contributed by atoms with Crippen LogP contribution in [0, 0.1) is 19.3 Å². The first-order valence-corrected chi connectivity index (χ1v) is 5.63. The van der Waals surface area contributed by atoms with Crippen LogP contribution < -0.4 is 5.63 Å². The summed E-state index contributed by atoms with van der Waals surface area (Å²) in [6.45, 7) is 1.91. The number of benzene rings is 1. The van der Waals surface area contributed by atoms with Crippen LogP contribution >= 0.6 is 0 Å². The first-order chi connectivity index (χ1) is 8.61. The van der Waals surface area contributed by atoms with Crippen molar-refractivity contribution in [3.63, 3.8) is 0 Å². The van der Waals surface area contributed by atoms with Crippen LogP contribution in [0.1, 0.15) is 28.8 Å². The lowest BCUT2D eigenvalue weighted by Crippen LogP contribution is -2.13. The van der Waals surface area contributed by atoms with Gasteiger partial charge in [-0.3, -0.25) is 4.79 Å². The van der Waals surface area contributed by atoms with Crippen LogP contribution in [0.5, 0.6) is 0 Å². The highest BCUT2D eigenvalue weighted by Gasteiger charge is 2.12. The Morgan fingerprint density at radius 2 is 2.17 bits per heavy atom. The van der Waals surface area contributed by atoms with E-state index in [2.05, 4.69) is 5.92 Å². The van der Waals surface area contributed by atoms with Gasteiger partial charge in [-0.2, -0.15) is 0 Å². The second kappa shape index (κ2) is 4.89. The highest BCUT2D eigenvalue weighted by molar-refractivity contribution is 5.98. The van der Waals surface area contributed by atoms with Crippen LogP contribution in [0.15, 0.2) is 33.5 Å². The normalized spacial score (nSPS) is 10.2. The van der Waals surface area contributed by atoms with Crippen molar-refractivity contribution in [3.8, 4) is 12.3 Å². The summed E-state index contributed by atoms with van der Waals surface area (Å²) in [5, 5.41) is 0.740. The molecule has 18 heavy (non-hydrogen) atoms. The maximum absolute atomic E-state index is 11.8. The topological polar surface area (TPSA) is 47.3 Å². The molecule has 0 aliphatic rings. The lowest BCUT2D eigenvalue weighted by molar-refractivity contribution is 0.0981. The minimum atomic E-state index is -0.602. The van der Waals surface area contributed by atoms with Crippen LogP contribution in [0.2, 0.25) is 0 Å². The third kappa shape index (κ3) is 2.33. The van der Waals surface area contributed by atoms with E-state index in [9.17, 15) is 9.59 Å². The van der Waals surface area contributed by atoms with E-state index in [4.69, 9.17) is 10.8 Å². The number of hydrogen-bond donors (Lipinski definition) is 0. The lowest BCUT2D eigenvalue weighted by atomic mass is 10.1. The minimum absolute atomic E-state index is 0.0709. The smallest absolute Gasteiger partial charge is 0.347 e. The van der Waals surface area contributed by atoms with Crippen molar-refractivity contribution in [2.75, 3.05) is 0 Å². The van der Waals surface area contributed by atoms with Gasteiger partial charge in [-0.25, -0.2) is 4.79 Å². The van der Waals surface area contributed by atoms with E-state index in [1.165, 1.54) is 0 Å². The summed E-state index contributed by atoms with van der Waals surface area (Å²) in [6.07, 6.45) is 5.59. The monoisotopic (exact) mass is 240 g/mol. The van der Waals surface area contributed by atoms with Gasteiger partial charge in [0.15, 0.2) is 5.78 Å². The van der Waals surface area contributed by atoms with Crippen molar-refractivity contribution in [1.82, 2.24) is 0 Å². The van der Waals surface area contributed by atoms with Gasteiger partial charge >= 0.3 is 5.63 Å². The number of rotatable bonds is 3. The summed E-state index contributed by atoms with van der Waals surface area (Å²) < 4.78 is 5.15. The van der Waals surface area contributed by atoms with Gasteiger partial charge in [-0.1, -0.05) is 12.1 Å². The highest BCUT2D eigenvalue weighted by atomic mass is 16.4. The molecule has 0 fully saturated rings. The highest BCUT2D eigenvalue weighted by Crippen LogP contribution is 2.16. The van der Waals surface area contributed by atoms with Crippen molar-refractivity contribution in [1.29, 1.82) is 0 Å². The quantitative estimate of drug-likeness (QED) is 0.471. The molecule has 0 saturated heterocycles. The molecule has 2 rings (SSSR count). The van der Waals surface area contributed by atoms with Gasteiger partial charge in [0.25, 0.3) is 0 Å². The molecule has 0 bridgehead atoms. The summed E-state index contributed by atoms with van der Waals surface area (Å²) >= 11 is 0. The number of Topliss-reactive ketones (excluding diaryl/α,β-unsaturated/α-hetero) is 1. The molecule has 0 amide bonds. The van der Waals surface area contributed by atoms with Crippen LogP contribution in [-0.4, -0.2) is 5.78 Å². The summed E-state index contributed by atoms with van der Waals surface area (Å²) in [5.74, 6) is 2.11. The zero-order valence-corrected chi connectivity index (χ0v) is 10.0. The standard InChI is InChI=1S/C15H12O3/c1-3-4-5-13(16)12-9-11-7-6-10(2)8-14(11)18-15(12)17/h1,6-9H,4-5H2,2H3. The number of terminal acetylenes is 1. The zero-order valence-electron chi connectivity index (χ0n) is 10.0. The Hall–Kier alpha value is -2.34. The Balaban J connectivity index is 2.50. The molecule has 0 aliphatic heterocycles. The van der Waals surface area contributed by atoms with Crippen molar-refractivity contribution < 1.29 is 9.21 Å². The van der Waals surface area contributed by atoms with Gasteiger partial charge in [0.05, 0.1) is 0 Å². The van der Waals surface area contributed by atoms with Gasteiger partial charge in [0.2, 0.25) is 0 Å². The minimum Gasteiger partial charge on any atom is -0.422 e. The number of ketones is 1. The SMILES string of the molecule is C#CCCC(=O)c1cc2ccc(C)cc2oc1=O. The largest absolute Gasteiger partial charge is 0.422 e. The molecular weight excluding hydrogens is 228 g/mol. The maximum Gasteiger partial charge on any atom is 0.347 e. The van der Waals surface area contributed by atoms with Crippen molar-refractivity contribution in [2.24, 2.45) is 0 Å². The van der Waals surface area contributed by atoms with Crippen molar-refractivity contribution in [3.05, 3.63) is 45.8 Å². The molecule has 0 saturated carbocycles. The molecule has 3 heteroatoms. The van der Waals surface area contributed by atoms with E-state index in [0.29, 0.717) is 12.0 Å². The predicted octanol–water partition coefficient (Wildman–Crippen LogP) is 2.70. The predicted molar refractivity (Wildman–Crippen MR) is 69.6 cm³/mol. The summed E-state index contributed by atoms with van der Waals surface area (Å²) in [5.41, 5.74) is 0.960. The molecule has 2 aromatic rings. The summed E-state index contributed by atoms with van der Waals surface area (Å²) in [6, 6.07) is 7.06. The lowest BCUT2D eigenvalue weighted by Gasteiger charge is -2.01. The van der Waals surface area contributed by atoms with Gasteiger partial charge in [0.1, 0.15) is 11.1 Å². The second-order valence-corrected chi connectivity index (χ2v) is 4.12. The molecule has 1 aromatic heterocycles. The third-order valence-corrected chi connectivity index (χ3v) is 2.69. The maximum atomic E-state index is 11.8. The zero-order chi connectivity index (χ0) is 13.1. The van der Waals surface area contributed by atoms with Crippen LogP contribution in [0.3, 0.4) is 0 Å². The molecule has 90 valence electrons. The van der Waals surface area contributed by atoms with Gasteiger partial charge in [-0.05, 0) is 24.6 Å². The molecule has 0 spiro atoms. The first kappa shape index (κ1) is 12.1. The molecule has 3 nitrogen and oxygen atoms in total. The summed E-state index contributed by atoms with van der Waals surface area (Å²) in [7, 11) is 0. The Morgan fingerprint density at radius 3 is 2.89 bits per heavy atom. The molecular formula is C15H12O3. The average Bonchev–Trinajstić information content (AvgIpc) is 2.35. The Bertz CT molecular complexity index is 702. The fourth-order valence-electron chi connectivity index (χ4n) is 1.73. The Kier molecular flexibility index (Phi) is 3.29. The van der Waals surface area contributed by atoms with E-state index in [1.807, 2.05) is 19.1 Å². The molecule has 0 radical (unpaired) electrons. The number of carbonyl (C=O) groups is 1. The fourth-order valence-corrected chi connectivity index (χ4v) is 1.73. The number of fused-ring (bicyclic) bond motifs is 1. The Labute approximate surface area is 104 Å². The third-order valence-electron chi connectivity index (χ3n) is 2.69. The number of carbonyl (C=O) groups excluding carboxylic acids is 1. The molecule has 0 unspecified atom stereocenters. The Morgan fingerprint density at radius 1 is 1.39 bits per heavy atom. The van der Waals surface area contributed by atoms with E-state index >= 15 is 0 Å². The molecule has 1 heterocycles. The molecule has 0 aliphatic carbocycles. The van der Waals surface area contributed by atoms with Crippen LogP contribution in [0.25, 0.3) is 11.0 Å². The van der Waals surface area contributed by atoms with Gasteiger partial charge in [0, 0.05) is 18.2 Å². The van der Waals surface area contributed by atoms with Gasteiger partial charge < -0.3 is 4.42 Å². The fraction of sp³-hybridized carbons (Fsp3) is 0.200. The van der Waals surface area contributed by atoms with E-state index in [1.54, 1.807) is 12.1 Å². The molecule has 0 atom stereocenters. The van der Waals surface area contributed by atoms with Crippen LogP contribution in [-0.2, 0) is 0 Å². The van der Waals surface area contributed by atoms with Crippen LogP contribution in [0.4, 0.5) is 0 Å². The average molecular weight is 240 g/mol. The number of aryl methyl sites for hydroxylation is 1. The summed E-state index contributed by atoms with van der Waals surface area (Å²) in [4.78, 5) is 23.5. The molecule has 0 N–H and O–H groups in total. The number of hydrogen-bond acceptors (Lipinski definition) is 3. The molecule has 1 aromatic carbocycles. The van der Waals surface area contributed by atoms with E-state index in [-0.39, 0.29) is 17.8 Å². The van der Waals surface area contributed by atoms with Gasteiger partial charge in [-0.15, -0.1) is 12.3 Å². The van der Waals surface area contributed by atoms with E-state index < -0.39 is 5.63 Å². The van der Waals surface area contributed by atoms with Crippen molar-refractivity contribution in [2.45, 2.75) is 19.8 Å². The van der Waals surface area contributed by atoms with Crippen molar-refractivity contribution >= 4 is 16.8 Å². The first-order valence-electron chi connectivity index (χ1n) is 5.63. The second-order valence-electron chi connectivity index (χ2n) is 4.12.